The lowest BCUT2D eigenvalue weighted by atomic mass is 10.2. The molecule has 1 saturated heterocycles. The molecule has 1 aliphatic heterocycles. The van der Waals surface area contributed by atoms with E-state index in [4.69, 9.17) is 0 Å². The molecule has 1 unspecified atom stereocenters. The highest BCUT2D eigenvalue weighted by Crippen LogP contribution is 2.08. The molecule has 2 rings (SSSR count). The molecule has 0 aromatic carbocycles. The third-order valence-corrected chi connectivity index (χ3v) is 4.06. The quantitative estimate of drug-likeness (QED) is 0.834. The lowest BCUT2D eigenvalue weighted by molar-refractivity contribution is -0.142. The number of amides is 3. The Morgan fingerprint density at radius 3 is 3.05 bits per heavy atom. The number of carbonyl (C=O) groups is 3. The van der Waals surface area contributed by atoms with Crippen molar-refractivity contribution in [2.75, 3.05) is 19.6 Å². The van der Waals surface area contributed by atoms with Crippen molar-refractivity contribution in [3.8, 4) is 0 Å². The summed E-state index contributed by atoms with van der Waals surface area (Å²) in [5, 5.41) is 7.24. The van der Waals surface area contributed by atoms with Crippen LogP contribution in [0, 0.1) is 0 Å². The highest BCUT2D eigenvalue weighted by molar-refractivity contribution is 7.12. The number of hydrogen-bond acceptors (Lipinski definition) is 4. The van der Waals surface area contributed by atoms with Crippen molar-refractivity contribution >= 4 is 29.1 Å². The lowest BCUT2D eigenvalue weighted by Crippen LogP contribution is -2.56. The molecule has 0 bridgehead atoms. The topological polar surface area (TPSA) is 78.5 Å². The molecule has 0 saturated carbocycles. The minimum Gasteiger partial charge on any atom is -0.353 e. The van der Waals surface area contributed by atoms with E-state index in [0.29, 0.717) is 18.0 Å². The summed E-state index contributed by atoms with van der Waals surface area (Å²) in [6.07, 6.45) is 0.203. The number of nitrogens with one attached hydrogen (secondary N) is 2. The van der Waals surface area contributed by atoms with Gasteiger partial charge in [-0.1, -0.05) is 6.07 Å². The van der Waals surface area contributed by atoms with Crippen LogP contribution < -0.4 is 10.6 Å². The first-order valence-corrected chi connectivity index (χ1v) is 7.36. The van der Waals surface area contributed by atoms with E-state index < -0.39 is 6.04 Å². The average Bonchev–Trinajstić information content (AvgIpc) is 2.95. The average molecular weight is 295 g/mol. The fraction of sp³-hybridized carbons (Fsp3) is 0.462. The summed E-state index contributed by atoms with van der Waals surface area (Å²) in [6.45, 7) is 2.98. The standard InChI is InChI=1S/C13H17N3O3S/c1-9-12(18)15-6-7-16(9)11(17)4-5-14-13(19)10-3-2-8-20-10/h2-3,8-9H,4-7H2,1H3,(H,14,19)(H,15,18). The van der Waals surface area contributed by atoms with Gasteiger partial charge < -0.3 is 15.5 Å². The van der Waals surface area contributed by atoms with Gasteiger partial charge in [-0.05, 0) is 18.4 Å². The van der Waals surface area contributed by atoms with Crippen molar-refractivity contribution < 1.29 is 14.4 Å². The largest absolute Gasteiger partial charge is 0.353 e. The number of hydrogen-bond donors (Lipinski definition) is 2. The molecule has 1 aromatic rings. The molecule has 1 aliphatic rings. The Morgan fingerprint density at radius 1 is 1.55 bits per heavy atom. The van der Waals surface area contributed by atoms with E-state index in [1.54, 1.807) is 24.0 Å². The first kappa shape index (κ1) is 14.5. The second-order valence-corrected chi connectivity index (χ2v) is 5.49. The molecule has 1 aromatic heterocycles. The Balaban J connectivity index is 1.77. The van der Waals surface area contributed by atoms with Gasteiger partial charge in [0.15, 0.2) is 0 Å². The molecule has 2 heterocycles. The first-order valence-electron chi connectivity index (χ1n) is 6.48. The zero-order chi connectivity index (χ0) is 14.5. The second kappa shape index (κ2) is 6.51. The summed E-state index contributed by atoms with van der Waals surface area (Å²) in [6, 6.07) is 3.10. The zero-order valence-electron chi connectivity index (χ0n) is 11.2. The Bertz CT molecular complexity index is 501. The van der Waals surface area contributed by atoms with Crippen LogP contribution in [0.5, 0.6) is 0 Å². The Hall–Kier alpha value is -1.89. The summed E-state index contributed by atoms with van der Waals surface area (Å²) in [4.78, 5) is 37.4. The minimum absolute atomic E-state index is 0.112. The SMILES string of the molecule is CC1C(=O)NCCN1C(=O)CCNC(=O)c1cccs1. The maximum absolute atomic E-state index is 12.0. The Morgan fingerprint density at radius 2 is 2.35 bits per heavy atom. The number of piperazine rings is 1. The van der Waals surface area contributed by atoms with Crippen LogP contribution in [0.15, 0.2) is 17.5 Å². The van der Waals surface area contributed by atoms with Gasteiger partial charge >= 0.3 is 0 Å². The fourth-order valence-electron chi connectivity index (χ4n) is 2.04. The molecule has 1 atom stereocenters. The monoisotopic (exact) mass is 295 g/mol. The van der Waals surface area contributed by atoms with E-state index in [2.05, 4.69) is 10.6 Å². The third kappa shape index (κ3) is 3.36. The van der Waals surface area contributed by atoms with Gasteiger partial charge in [0, 0.05) is 26.1 Å². The molecule has 0 spiro atoms. The molecule has 1 fully saturated rings. The van der Waals surface area contributed by atoms with Gasteiger partial charge in [-0.25, -0.2) is 0 Å². The molecule has 108 valence electrons. The molecule has 2 N–H and O–H groups in total. The van der Waals surface area contributed by atoms with Gasteiger partial charge in [0.25, 0.3) is 5.91 Å². The van der Waals surface area contributed by atoms with Gasteiger partial charge in [0.05, 0.1) is 4.88 Å². The van der Waals surface area contributed by atoms with Crippen LogP contribution in [0.3, 0.4) is 0 Å². The Labute approximate surface area is 121 Å². The van der Waals surface area contributed by atoms with Crippen molar-refractivity contribution in [1.82, 2.24) is 15.5 Å². The molecule has 0 aliphatic carbocycles. The summed E-state index contributed by atoms with van der Waals surface area (Å²) in [5.74, 6) is -0.414. The van der Waals surface area contributed by atoms with Crippen LogP contribution in [0.25, 0.3) is 0 Å². The van der Waals surface area contributed by atoms with Crippen LogP contribution in [0.2, 0.25) is 0 Å². The first-order chi connectivity index (χ1) is 9.59. The smallest absolute Gasteiger partial charge is 0.261 e. The van der Waals surface area contributed by atoms with Crippen LogP contribution in [0.4, 0.5) is 0 Å². The summed E-state index contributed by atoms with van der Waals surface area (Å²) in [7, 11) is 0. The maximum atomic E-state index is 12.0. The molecule has 20 heavy (non-hydrogen) atoms. The molecule has 6 nitrogen and oxygen atoms in total. The van der Waals surface area contributed by atoms with Crippen LogP contribution in [0.1, 0.15) is 23.0 Å². The molecule has 3 amide bonds. The van der Waals surface area contributed by atoms with Crippen molar-refractivity contribution in [3.05, 3.63) is 22.4 Å². The predicted molar refractivity (Wildman–Crippen MR) is 75.5 cm³/mol. The van der Waals surface area contributed by atoms with Crippen molar-refractivity contribution in [2.24, 2.45) is 0 Å². The number of thiophene rings is 1. The van der Waals surface area contributed by atoms with Crippen LogP contribution in [-0.2, 0) is 9.59 Å². The van der Waals surface area contributed by atoms with Gasteiger partial charge in [0.1, 0.15) is 6.04 Å². The van der Waals surface area contributed by atoms with Crippen LogP contribution >= 0.6 is 11.3 Å². The molecule has 7 heteroatoms. The maximum Gasteiger partial charge on any atom is 0.261 e. The summed E-state index contributed by atoms with van der Waals surface area (Å²) < 4.78 is 0. The van der Waals surface area contributed by atoms with Gasteiger partial charge in [0.2, 0.25) is 11.8 Å². The van der Waals surface area contributed by atoms with Gasteiger partial charge in [-0.2, -0.15) is 0 Å². The Kier molecular flexibility index (Phi) is 4.73. The second-order valence-electron chi connectivity index (χ2n) is 4.54. The number of rotatable bonds is 4. The van der Waals surface area contributed by atoms with E-state index >= 15 is 0 Å². The van der Waals surface area contributed by atoms with E-state index in [9.17, 15) is 14.4 Å². The van der Waals surface area contributed by atoms with E-state index in [1.807, 2.05) is 5.38 Å². The predicted octanol–water partition coefficient (Wildman–Crippen LogP) is 0.215. The van der Waals surface area contributed by atoms with Crippen molar-refractivity contribution in [3.63, 3.8) is 0 Å². The van der Waals surface area contributed by atoms with Gasteiger partial charge in [-0.3, -0.25) is 14.4 Å². The van der Waals surface area contributed by atoms with Crippen molar-refractivity contribution in [2.45, 2.75) is 19.4 Å². The number of nitrogens with zero attached hydrogens (tertiary/aromatic N) is 1. The minimum atomic E-state index is -0.441. The van der Waals surface area contributed by atoms with Crippen molar-refractivity contribution in [1.29, 1.82) is 0 Å². The highest BCUT2D eigenvalue weighted by Gasteiger charge is 2.28. The molecular formula is C13H17N3O3S. The summed E-state index contributed by atoms with van der Waals surface area (Å²) >= 11 is 1.36. The van der Waals surface area contributed by atoms with Gasteiger partial charge in [-0.15, -0.1) is 11.3 Å². The molecule has 0 radical (unpaired) electrons. The van der Waals surface area contributed by atoms with E-state index in [-0.39, 0.29) is 30.7 Å². The number of carbonyl (C=O) groups excluding carboxylic acids is 3. The fourth-order valence-corrected chi connectivity index (χ4v) is 2.68. The van der Waals surface area contributed by atoms with E-state index in [0.717, 1.165) is 0 Å². The van der Waals surface area contributed by atoms with E-state index in [1.165, 1.54) is 11.3 Å². The lowest BCUT2D eigenvalue weighted by Gasteiger charge is -2.32. The highest BCUT2D eigenvalue weighted by atomic mass is 32.1. The molecular weight excluding hydrogens is 278 g/mol. The third-order valence-electron chi connectivity index (χ3n) is 3.19. The normalized spacial score (nSPS) is 18.6. The summed E-state index contributed by atoms with van der Waals surface area (Å²) in [5.41, 5.74) is 0. The zero-order valence-corrected chi connectivity index (χ0v) is 12.0. The van der Waals surface area contributed by atoms with Crippen LogP contribution in [-0.4, -0.2) is 48.3 Å².